The zero-order valence-corrected chi connectivity index (χ0v) is 9.64. The van der Waals surface area contributed by atoms with Gasteiger partial charge in [0.1, 0.15) is 0 Å². The van der Waals surface area contributed by atoms with Gasteiger partial charge in [0.05, 0.1) is 25.4 Å². The number of aliphatic hydroxyl groups excluding tert-OH is 1. The number of hydrogen-bond donors (Lipinski definition) is 3. The fraction of sp³-hybridized carbons (Fsp3) is 0.417. The molecule has 1 saturated heterocycles. The molecule has 2 unspecified atom stereocenters. The van der Waals surface area contributed by atoms with Gasteiger partial charge in [-0.25, -0.2) is 0 Å². The van der Waals surface area contributed by atoms with Gasteiger partial charge in [0.15, 0.2) is 0 Å². The first-order chi connectivity index (χ1) is 8.15. The molecule has 1 aromatic rings. The predicted octanol–water partition coefficient (Wildman–Crippen LogP) is 0.817. The molecule has 2 atom stereocenters. The molecular weight excluding hydrogens is 220 g/mol. The van der Waals surface area contributed by atoms with Gasteiger partial charge in [-0.05, 0) is 24.3 Å². The van der Waals surface area contributed by atoms with Crippen LogP contribution in [-0.4, -0.2) is 36.4 Å². The summed E-state index contributed by atoms with van der Waals surface area (Å²) in [5.74, 6) is -0.0923. The van der Waals surface area contributed by atoms with Crippen LogP contribution >= 0.6 is 0 Å². The number of anilines is 2. The van der Waals surface area contributed by atoms with E-state index in [1.165, 1.54) is 6.92 Å². The SMILES string of the molecule is CC(=O)Nc1ccc(NC2COCC2O)cc1. The lowest BCUT2D eigenvalue weighted by Crippen LogP contribution is -2.31. The molecule has 0 radical (unpaired) electrons. The van der Waals surface area contributed by atoms with Crippen molar-refractivity contribution in [2.24, 2.45) is 0 Å². The highest BCUT2D eigenvalue weighted by atomic mass is 16.5. The van der Waals surface area contributed by atoms with Gasteiger partial charge in [-0.15, -0.1) is 0 Å². The third kappa shape index (κ3) is 3.18. The Hall–Kier alpha value is -1.59. The minimum atomic E-state index is -0.468. The highest BCUT2D eigenvalue weighted by Gasteiger charge is 2.25. The first-order valence-electron chi connectivity index (χ1n) is 5.55. The van der Waals surface area contributed by atoms with Crippen molar-refractivity contribution in [2.45, 2.75) is 19.1 Å². The standard InChI is InChI=1S/C12H16N2O3/c1-8(15)13-9-2-4-10(5-3-9)14-11-6-17-7-12(11)16/h2-5,11-12,14,16H,6-7H2,1H3,(H,13,15). The van der Waals surface area contributed by atoms with Gasteiger partial charge in [0, 0.05) is 18.3 Å². The summed E-state index contributed by atoms with van der Waals surface area (Å²) < 4.78 is 5.15. The fourth-order valence-corrected chi connectivity index (χ4v) is 1.75. The molecule has 5 nitrogen and oxygen atoms in total. The van der Waals surface area contributed by atoms with Gasteiger partial charge in [-0.1, -0.05) is 0 Å². The molecule has 17 heavy (non-hydrogen) atoms. The third-order valence-electron chi connectivity index (χ3n) is 2.61. The Morgan fingerprint density at radius 2 is 1.94 bits per heavy atom. The van der Waals surface area contributed by atoms with E-state index < -0.39 is 6.10 Å². The van der Waals surface area contributed by atoms with E-state index in [0.717, 1.165) is 11.4 Å². The van der Waals surface area contributed by atoms with E-state index in [9.17, 15) is 9.90 Å². The molecular formula is C12H16N2O3. The number of hydrogen-bond acceptors (Lipinski definition) is 4. The van der Waals surface area contributed by atoms with E-state index in [-0.39, 0.29) is 11.9 Å². The van der Waals surface area contributed by atoms with Crippen molar-refractivity contribution in [2.75, 3.05) is 23.8 Å². The van der Waals surface area contributed by atoms with Crippen molar-refractivity contribution >= 4 is 17.3 Å². The average Bonchev–Trinajstić information content (AvgIpc) is 2.67. The summed E-state index contributed by atoms with van der Waals surface area (Å²) in [6.45, 7) is 2.36. The Morgan fingerprint density at radius 1 is 1.29 bits per heavy atom. The maximum Gasteiger partial charge on any atom is 0.221 e. The van der Waals surface area contributed by atoms with Gasteiger partial charge < -0.3 is 20.5 Å². The number of rotatable bonds is 3. The molecule has 0 aromatic heterocycles. The Bertz CT molecular complexity index is 391. The molecule has 0 saturated carbocycles. The number of nitrogens with one attached hydrogen (secondary N) is 2. The van der Waals surface area contributed by atoms with Gasteiger partial charge in [-0.2, -0.15) is 0 Å². The summed E-state index contributed by atoms with van der Waals surface area (Å²) in [7, 11) is 0. The van der Waals surface area contributed by atoms with Crippen LogP contribution in [-0.2, 0) is 9.53 Å². The summed E-state index contributed by atoms with van der Waals surface area (Å²) in [5.41, 5.74) is 1.65. The molecule has 92 valence electrons. The van der Waals surface area contributed by atoms with Crippen molar-refractivity contribution in [3.8, 4) is 0 Å². The molecule has 5 heteroatoms. The summed E-state index contributed by atoms with van der Waals surface area (Å²) in [4.78, 5) is 10.8. The first-order valence-corrected chi connectivity index (χ1v) is 5.55. The summed E-state index contributed by atoms with van der Waals surface area (Å²) in [5, 5.41) is 15.5. The van der Waals surface area contributed by atoms with Gasteiger partial charge in [0.25, 0.3) is 0 Å². The number of benzene rings is 1. The van der Waals surface area contributed by atoms with Crippen LogP contribution in [0.5, 0.6) is 0 Å². The normalized spacial score (nSPS) is 23.4. The van der Waals surface area contributed by atoms with Crippen molar-refractivity contribution in [1.29, 1.82) is 0 Å². The maximum atomic E-state index is 10.8. The van der Waals surface area contributed by atoms with Gasteiger partial charge >= 0.3 is 0 Å². The van der Waals surface area contributed by atoms with E-state index in [4.69, 9.17) is 4.74 Å². The zero-order valence-electron chi connectivity index (χ0n) is 9.64. The lowest BCUT2D eigenvalue weighted by atomic mass is 10.2. The van der Waals surface area contributed by atoms with Crippen molar-refractivity contribution in [3.05, 3.63) is 24.3 Å². The minimum Gasteiger partial charge on any atom is -0.388 e. The molecule has 1 aliphatic heterocycles. The highest BCUT2D eigenvalue weighted by Crippen LogP contribution is 2.17. The van der Waals surface area contributed by atoms with Crippen LogP contribution in [0.2, 0.25) is 0 Å². The Labute approximate surface area is 99.8 Å². The minimum absolute atomic E-state index is 0.0679. The molecule has 1 fully saturated rings. The largest absolute Gasteiger partial charge is 0.388 e. The Morgan fingerprint density at radius 3 is 2.47 bits per heavy atom. The predicted molar refractivity (Wildman–Crippen MR) is 65.0 cm³/mol. The second-order valence-corrected chi connectivity index (χ2v) is 4.11. The van der Waals surface area contributed by atoms with E-state index in [1.807, 2.05) is 24.3 Å². The van der Waals surface area contributed by atoms with E-state index in [2.05, 4.69) is 10.6 Å². The molecule has 0 aliphatic carbocycles. The molecule has 1 heterocycles. The molecule has 1 aromatic carbocycles. The molecule has 1 amide bonds. The van der Waals surface area contributed by atoms with Crippen molar-refractivity contribution in [3.63, 3.8) is 0 Å². The van der Waals surface area contributed by atoms with E-state index in [0.29, 0.717) is 13.2 Å². The molecule has 3 N–H and O–H groups in total. The van der Waals surface area contributed by atoms with Crippen LogP contribution in [0.25, 0.3) is 0 Å². The summed E-state index contributed by atoms with van der Waals surface area (Å²) in [6, 6.07) is 7.27. The Balaban J connectivity index is 1.95. The number of carbonyl (C=O) groups excluding carboxylic acids is 1. The van der Waals surface area contributed by atoms with Crippen LogP contribution in [0.4, 0.5) is 11.4 Å². The number of ether oxygens (including phenoxy) is 1. The molecule has 0 spiro atoms. The van der Waals surface area contributed by atoms with Crippen LogP contribution in [0.3, 0.4) is 0 Å². The van der Waals surface area contributed by atoms with E-state index in [1.54, 1.807) is 0 Å². The second kappa shape index (κ2) is 5.16. The Kier molecular flexibility index (Phi) is 3.61. The first kappa shape index (κ1) is 11.9. The van der Waals surface area contributed by atoms with Crippen LogP contribution in [0.1, 0.15) is 6.92 Å². The van der Waals surface area contributed by atoms with Crippen molar-refractivity contribution < 1.29 is 14.6 Å². The fourth-order valence-electron chi connectivity index (χ4n) is 1.75. The number of carbonyl (C=O) groups is 1. The lowest BCUT2D eigenvalue weighted by Gasteiger charge is -2.16. The second-order valence-electron chi connectivity index (χ2n) is 4.11. The molecule has 0 bridgehead atoms. The molecule has 1 aliphatic rings. The topological polar surface area (TPSA) is 70.6 Å². The monoisotopic (exact) mass is 236 g/mol. The van der Waals surface area contributed by atoms with Gasteiger partial charge in [0.2, 0.25) is 5.91 Å². The van der Waals surface area contributed by atoms with Gasteiger partial charge in [-0.3, -0.25) is 4.79 Å². The highest BCUT2D eigenvalue weighted by molar-refractivity contribution is 5.88. The summed E-state index contributed by atoms with van der Waals surface area (Å²) >= 11 is 0. The third-order valence-corrected chi connectivity index (χ3v) is 2.61. The van der Waals surface area contributed by atoms with Crippen LogP contribution in [0, 0.1) is 0 Å². The van der Waals surface area contributed by atoms with Crippen molar-refractivity contribution in [1.82, 2.24) is 0 Å². The summed E-state index contributed by atoms with van der Waals surface area (Å²) in [6.07, 6.45) is -0.468. The maximum absolute atomic E-state index is 10.8. The zero-order chi connectivity index (χ0) is 12.3. The van der Waals surface area contributed by atoms with E-state index >= 15 is 0 Å². The quantitative estimate of drug-likeness (QED) is 0.726. The smallest absolute Gasteiger partial charge is 0.221 e. The number of amides is 1. The van der Waals surface area contributed by atoms with Crippen LogP contribution in [0.15, 0.2) is 24.3 Å². The molecule has 2 rings (SSSR count). The average molecular weight is 236 g/mol. The number of aliphatic hydroxyl groups is 1. The lowest BCUT2D eigenvalue weighted by molar-refractivity contribution is -0.114. The van der Waals surface area contributed by atoms with Crippen LogP contribution < -0.4 is 10.6 Å².